The van der Waals surface area contributed by atoms with Crippen LogP contribution in [-0.2, 0) is 19.6 Å². The van der Waals surface area contributed by atoms with Gasteiger partial charge >= 0.3 is 0 Å². The van der Waals surface area contributed by atoms with Crippen molar-refractivity contribution in [1.82, 2.24) is 19.7 Å². The summed E-state index contributed by atoms with van der Waals surface area (Å²) < 4.78 is 2.03. The Kier molecular flexibility index (Phi) is 2.86. The highest BCUT2D eigenvalue weighted by atomic mass is 16.1. The number of benzene rings is 1. The summed E-state index contributed by atoms with van der Waals surface area (Å²) in [5.41, 5.74) is 2.93. The number of para-hydroxylation sites is 1. The molecule has 0 bridgehead atoms. The Labute approximate surface area is 121 Å². The first-order valence-corrected chi connectivity index (χ1v) is 7.13. The van der Waals surface area contributed by atoms with Crippen molar-refractivity contribution in [2.45, 2.75) is 19.6 Å². The smallest absolute Gasteiger partial charge is 0.252 e. The molecule has 0 atom stereocenters. The molecule has 2 aromatic heterocycles. The van der Waals surface area contributed by atoms with Crippen molar-refractivity contribution in [3.8, 4) is 0 Å². The number of nitrogens with one attached hydrogen (secondary N) is 1. The third-order valence-electron chi connectivity index (χ3n) is 4.04. The normalized spacial score (nSPS) is 15.2. The van der Waals surface area contributed by atoms with E-state index in [1.165, 1.54) is 5.69 Å². The summed E-state index contributed by atoms with van der Waals surface area (Å²) in [5, 5.41) is 5.36. The van der Waals surface area contributed by atoms with Crippen LogP contribution in [0.25, 0.3) is 10.9 Å². The summed E-state index contributed by atoms with van der Waals surface area (Å²) in [6.07, 6.45) is 1.83. The lowest BCUT2D eigenvalue weighted by molar-refractivity contribution is 0.204. The maximum Gasteiger partial charge on any atom is 0.252 e. The van der Waals surface area contributed by atoms with Crippen LogP contribution in [0.5, 0.6) is 0 Å². The van der Waals surface area contributed by atoms with Crippen molar-refractivity contribution < 1.29 is 0 Å². The van der Waals surface area contributed by atoms with Crippen LogP contribution in [0.2, 0.25) is 0 Å². The summed E-state index contributed by atoms with van der Waals surface area (Å²) in [4.78, 5) is 17.5. The molecule has 0 saturated heterocycles. The van der Waals surface area contributed by atoms with E-state index in [2.05, 4.69) is 15.0 Å². The Hall–Kier alpha value is -2.40. The van der Waals surface area contributed by atoms with Gasteiger partial charge in [-0.3, -0.25) is 14.4 Å². The number of hydrogen-bond donors (Lipinski definition) is 1. The number of nitrogens with zero attached hydrogens (tertiary/aromatic N) is 3. The second kappa shape index (κ2) is 4.86. The number of H-pyrrole nitrogens is 1. The van der Waals surface area contributed by atoms with Gasteiger partial charge in [0.1, 0.15) is 0 Å². The monoisotopic (exact) mass is 280 g/mol. The topological polar surface area (TPSA) is 53.9 Å². The number of pyridine rings is 1. The molecule has 4 rings (SSSR count). The van der Waals surface area contributed by atoms with Gasteiger partial charge in [-0.15, -0.1) is 0 Å². The zero-order valence-electron chi connectivity index (χ0n) is 11.6. The molecule has 3 heterocycles. The molecular formula is C16H16N4O. The van der Waals surface area contributed by atoms with E-state index in [1.807, 2.05) is 47.3 Å². The molecule has 0 amide bonds. The minimum atomic E-state index is 0.00720. The third-order valence-corrected chi connectivity index (χ3v) is 4.04. The van der Waals surface area contributed by atoms with Gasteiger partial charge in [0, 0.05) is 36.9 Å². The Morgan fingerprint density at radius 1 is 1.19 bits per heavy atom. The molecule has 0 fully saturated rings. The third kappa shape index (κ3) is 2.25. The Morgan fingerprint density at radius 3 is 3.05 bits per heavy atom. The fourth-order valence-electron chi connectivity index (χ4n) is 2.93. The minimum Gasteiger partial charge on any atom is -0.322 e. The van der Waals surface area contributed by atoms with E-state index in [0.29, 0.717) is 6.54 Å². The van der Waals surface area contributed by atoms with Crippen LogP contribution < -0.4 is 5.56 Å². The van der Waals surface area contributed by atoms with E-state index in [9.17, 15) is 4.79 Å². The van der Waals surface area contributed by atoms with Crippen LogP contribution in [0.1, 0.15) is 11.3 Å². The molecule has 0 saturated carbocycles. The van der Waals surface area contributed by atoms with E-state index in [0.717, 1.165) is 36.1 Å². The molecule has 1 aliphatic heterocycles. The second-order valence-corrected chi connectivity index (χ2v) is 5.47. The van der Waals surface area contributed by atoms with E-state index >= 15 is 0 Å². The van der Waals surface area contributed by atoms with E-state index < -0.39 is 0 Å². The predicted octanol–water partition coefficient (Wildman–Crippen LogP) is 1.74. The molecule has 1 aromatic carbocycles. The summed E-state index contributed by atoms with van der Waals surface area (Å²) in [6.45, 7) is 3.31. The lowest BCUT2D eigenvalue weighted by atomic mass is 10.1. The standard InChI is InChI=1S/C16H16N4O/c21-16-13(9-12-3-1-2-4-15(12)18-16)10-19-7-8-20-14(11-19)5-6-17-20/h1-6,9H,7-8,10-11H2,(H,18,21). The Balaban J connectivity index is 1.63. The molecule has 5 nitrogen and oxygen atoms in total. The highest BCUT2D eigenvalue weighted by Crippen LogP contribution is 2.15. The largest absolute Gasteiger partial charge is 0.322 e. The van der Waals surface area contributed by atoms with Gasteiger partial charge in [0.05, 0.1) is 12.2 Å². The second-order valence-electron chi connectivity index (χ2n) is 5.47. The zero-order valence-corrected chi connectivity index (χ0v) is 11.6. The molecule has 0 unspecified atom stereocenters. The van der Waals surface area contributed by atoms with Crippen molar-refractivity contribution in [3.05, 3.63) is 64.2 Å². The SMILES string of the molecule is O=c1[nH]c2ccccc2cc1CN1CCn2nccc2C1. The van der Waals surface area contributed by atoms with Gasteiger partial charge < -0.3 is 4.98 Å². The molecule has 0 aliphatic carbocycles. The van der Waals surface area contributed by atoms with Crippen molar-refractivity contribution >= 4 is 10.9 Å². The molecule has 5 heteroatoms. The molecule has 1 N–H and O–H groups in total. The molecule has 0 radical (unpaired) electrons. The lowest BCUT2D eigenvalue weighted by Crippen LogP contribution is -2.34. The van der Waals surface area contributed by atoms with Crippen molar-refractivity contribution in [2.24, 2.45) is 0 Å². The van der Waals surface area contributed by atoms with E-state index in [1.54, 1.807) is 0 Å². The Morgan fingerprint density at radius 2 is 2.10 bits per heavy atom. The van der Waals surface area contributed by atoms with Crippen LogP contribution in [0.3, 0.4) is 0 Å². The van der Waals surface area contributed by atoms with Gasteiger partial charge in [-0.25, -0.2) is 0 Å². The fourth-order valence-corrected chi connectivity index (χ4v) is 2.93. The predicted molar refractivity (Wildman–Crippen MR) is 80.9 cm³/mol. The average molecular weight is 280 g/mol. The number of fused-ring (bicyclic) bond motifs is 2. The number of rotatable bonds is 2. The van der Waals surface area contributed by atoms with Gasteiger partial charge in [-0.05, 0) is 23.6 Å². The molecule has 21 heavy (non-hydrogen) atoms. The lowest BCUT2D eigenvalue weighted by Gasteiger charge is -2.27. The maximum atomic E-state index is 12.2. The summed E-state index contributed by atoms with van der Waals surface area (Å²) in [7, 11) is 0. The van der Waals surface area contributed by atoms with Gasteiger partial charge in [0.2, 0.25) is 0 Å². The van der Waals surface area contributed by atoms with Gasteiger partial charge in [0.15, 0.2) is 0 Å². The van der Waals surface area contributed by atoms with Crippen molar-refractivity contribution in [3.63, 3.8) is 0 Å². The van der Waals surface area contributed by atoms with Crippen LogP contribution in [-0.4, -0.2) is 26.2 Å². The quantitative estimate of drug-likeness (QED) is 0.778. The first-order chi connectivity index (χ1) is 10.3. The number of aromatic amines is 1. The highest BCUT2D eigenvalue weighted by molar-refractivity contribution is 5.78. The number of aromatic nitrogens is 3. The van der Waals surface area contributed by atoms with Crippen LogP contribution in [0, 0.1) is 0 Å². The Bertz CT molecular complexity index is 849. The van der Waals surface area contributed by atoms with E-state index in [-0.39, 0.29) is 5.56 Å². The maximum absolute atomic E-state index is 12.2. The molecule has 0 spiro atoms. The van der Waals surface area contributed by atoms with E-state index in [4.69, 9.17) is 0 Å². The van der Waals surface area contributed by atoms with Crippen molar-refractivity contribution in [2.75, 3.05) is 6.54 Å². The van der Waals surface area contributed by atoms with Gasteiger partial charge in [-0.2, -0.15) is 5.10 Å². The van der Waals surface area contributed by atoms with Crippen LogP contribution >= 0.6 is 0 Å². The first kappa shape index (κ1) is 12.3. The van der Waals surface area contributed by atoms with Crippen LogP contribution in [0.15, 0.2) is 47.4 Å². The fraction of sp³-hybridized carbons (Fsp3) is 0.250. The van der Waals surface area contributed by atoms with Crippen molar-refractivity contribution in [1.29, 1.82) is 0 Å². The highest BCUT2D eigenvalue weighted by Gasteiger charge is 2.17. The van der Waals surface area contributed by atoms with Crippen LogP contribution in [0.4, 0.5) is 0 Å². The summed E-state index contributed by atoms with van der Waals surface area (Å²) >= 11 is 0. The summed E-state index contributed by atoms with van der Waals surface area (Å²) in [5.74, 6) is 0. The molecule has 1 aliphatic rings. The van der Waals surface area contributed by atoms with Gasteiger partial charge in [-0.1, -0.05) is 18.2 Å². The molecular weight excluding hydrogens is 264 g/mol. The number of hydrogen-bond acceptors (Lipinski definition) is 3. The summed E-state index contributed by atoms with van der Waals surface area (Å²) in [6, 6.07) is 11.9. The molecule has 3 aromatic rings. The first-order valence-electron chi connectivity index (χ1n) is 7.13. The molecule has 106 valence electrons. The average Bonchev–Trinajstić information content (AvgIpc) is 2.95. The van der Waals surface area contributed by atoms with Gasteiger partial charge in [0.25, 0.3) is 5.56 Å². The minimum absolute atomic E-state index is 0.00720. The zero-order chi connectivity index (χ0) is 14.2.